The fourth-order valence-corrected chi connectivity index (χ4v) is 5.20. The smallest absolute Gasteiger partial charge is 0.460 e. The Morgan fingerprint density at radius 3 is 1.12 bits per heavy atom. The molecule has 236 valence electrons. The van der Waals surface area contributed by atoms with Gasteiger partial charge in [0, 0.05) is 0 Å². The molecule has 0 bridgehead atoms. The van der Waals surface area contributed by atoms with E-state index in [9.17, 15) is 87.6 Å². The highest BCUT2D eigenvalue weighted by atomic mass is 127. The number of halogens is 18. The van der Waals surface area contributed by atoms with Gasteiger partial charge in [-0.1, -0.05) is 18.2 Å². The molecule has 1 rings (SSSR count). The van der Waals surface area contributed by atoms with E-state index in [0.717, 1.165) is 0 Å². The molecule has 0 radical (unpaired) electrons. The van der Waals surface area contributed by atoms with Crippen LogP contribution in [0, 0.1) is 3.57 Å². The van der Waals surface area contributed by atoms with E-state index in [-0.39, 0.29) is 21.2 Å². The van der Waals surface area contributed by atoms with Crippen molar-refractivity contribution < 1.29 is 109 Å². The predicted octanol–water partition coefficient (Wildman–Crippen LogP) is 4.24. The zero-order chi connectivity index (χ0) is 32.8. The molecule has 0 saturated carbocycles. The number of hydrogen-bond acceptors (Lipinski definition) is 3. The molecule has 1 aromatic carbocycles. The van der Waals surface area contributed by atoms with Crippen LogP contribution < -0.4 is 21.2 Å². The zero-order valence-electron chi connectivity index (χ0n) is 19.3. The lowest BCUT2D eigenvalue weighted by Gasteiger charge is -2.42. The molecule has 0 saturated heterocycles. The summed E-state index contributed by atoms with van der Waals surface area (Å²) < 4.78 is 246. The van der Waals surface area contributed by atoms with E-state index < -0.39 is 57.1 Å². The first-order valence-corrected chi connectivity index (χ1v) is 13.0. The van der Waals surface area contributed by atoms with Crippen molar-refractivity contribution in [1.82, 2.24) is 0 Å². The van der Waals surface area contributed by atoms with Crippen LogP contribution in [0.15, 0.2) is 30.3 Å². The molecule has 0 aromatic heterocycles. The summed E-state index contributed by atoms with van der Waals surface area (Å²) >= 11 is 0.184. The van der Waals surface area contributed by atoms with Crippen LogP contribution >= 0.6 is 0 Å². The molecular formula is C18H14F17IO3S. The second-order valence-corrected chi connectivity index (χ2v) is 14.8. The summed E-state index contributed by atoms with van der Waals surface area (Å²) in [5.41, 5.74) is 0. The van der Waals surface area contributed by atoms with Crippen LogP contribution in [0.25, 0.3) is 0 Å². The Kier molecular flexibility index (Phi) is 10.7. The number of rotatable bonds is 8. The SMILES string of the molecule is CC(C)(C)[I+]c1ccccc1.O=S(=O)([O-])C(F)(F)C(F)(F)C(F)(F)C(F)(F)C(F)(F)C(F)(F)C(F)(F)C(F)(F)F. The van der Waals surface area contributed by atoms with Crippen molar-refractivity contribution in [3.8, 4) is 0 Å². The Morgan fingerprint density at radius 2 is 0.850 bits per heavy atom. The predicted molar refractivity (Wildman–Crippen MR) is 95.3 cm³/mol. The van der Waals surface area contributed by atoms with E-state index in [1.807, 2.05) is 0 Å². The fourth-order valence-electron chi connectivity index (χ4n) is 2.11. The van der Waals surface area contributed by atoms with Crippen LogP contribution in [-0.4, -0.2) is 63.4 Å². The summed E-state index contributed by atoms with van der Waals surface area (Å²) in [5, 5.41) is -7.95. The molecule has 0 atom stereocenters. The van der Waals surface area contributed by atoms with Gasteiger partial charge in [-0.25, -0.2) is 8.42 Å². The first-order valence-electron chi connectivity index (χ1n) is 9.46. The third-order valence-electron chi connectivity index (χ3n) is 4.13. The zero-order valence-corrected chi connectivity index (χ0v) is 22.3. The fraction of sp³-hybridized carbons (Fsp3) is 0.667. The molecule has 0 amide bonds. The van der Waals surface area contributed by atoms with Gasteiger partial charge in [0.15, 0.2) is 17.1 Å². The van der Waals surface area contributed by atoms with Gasteiger partial charge in [-0.2, -0.15) is 74.6 Å². The van der Waals surface area contributed by atoms with E-state index in [1.165, 1.54) is 0 Å². The van der Waals surface area contributed by atoms with Crippen LogP contribution in [0.1, 0.15) is 20.8 Å². The average molecular weight is 760 g/mol. The molecule has 0 heterocycles. The maximum Gasteiger partial charge on any atom is 0.460 e. The highest BCUT2D eigenvalue weighted by Crippen LogP contribution is 2.64. The summed E-state index contributed by atoms with van der Waals surface area (Å²) in [5.74, 6) is -52.1. The van der Waals surface area contributed by atoms with E-state index in [1.54, 1.807) is 3.57 Å². The van der Waals surface area contributed by atoms with E-state index in [0.29, 0.717) is 3.42 Å². The lowest BCUT2D eigenvalue weighted by Crippen LogP contribution is -3.67. The van der Waals surface area contributed by atoms with Crippen LogP contribution in [0.2, 0.25) is 0 Å². The molecule has 22 heteroatoms. The standard InChI is InChI=1S/C10H14I.C8HF17O3S/c1-10(2,3)11-9-7-5-4-6-8-9;9-1(10,3(13,14)5(17,18)7(21,22)23)2(11,12)4(15,16)6(19,20)8(24,25)29(26,27)28/h4-8H,1-3H3;(H,26,27,28)/q+1;/p-1. The van der Waals surface area contributed by atoms with Gasteiger partial charge in [0.1, 0.15) is 0 Å². The van der Waals surface area contributed by atoms with E-state index in [4.69, 9.17) is 0 Å². The van der Waals surface area contributed by atoms with Crippen molar-refractivity contribution in [2.75, 3.05) is 0 Å². The minimum atomic E-state index is -8.92. The molecule has 0 aliphatic carbocycles. The third kappa shape index (κ3) is 6.66. The summed E-state index contributed by atoms with van der Waals surface area (Å²) in [6, 6.07) is 10.8. The van der Waals surface area contributed by atoms with Gasteiger partial charge in [0.25, 0.3) is 0 Å². The molecule has 0 unspecified atom stereocenters. The van der Waals surface area contributed by atoms with Crippen molar-refractivity contribution >= 4 is 10.1 Å². The molecule has 0 fully saturated rings. The monoisotopic (exact) mass is 760 g/mol. The highest BCUT2D eigenvalue weighted by Gasteiger charge is 2.95. The van der Waals surface area contributed by atoms with Crippen LogP contribution in [-0.2, 0) is 10.1 Å². The summed E-state index contributed by atoms with van der Waals surface area (Å²) in [4.78, 5) is 0. The van der Waals surface area contributed by atoms with Crippen molar-refractivity contribution in [3.63, 3.8) is 0 Å². The minimum Gasteiger partial charge on any atom is -0.743 e. The van der Waals surface area contributed by atoms with Crippen molar-refractivity contribution in [2.24, 2.45) is 0 Å². The molecule has 0 aliphatic heterocycles. The topological polar surface area (TPSA) is 57.2 Å². The lowest BCUT2D eigenvalue weighted by atomic mass is 9.91. The average Bonchev–Trinajstić information content (AvgIpc) is 2.71. The van der Waals surface area contributed by atoms with Gasteiger partial charge in [0.05, 0.1) is 0 Å². The Hall–Kier alpha value is -1.33. The maximum absolute atomic E-state index is 13.0. The number of alkyl halides is 18. The maximum atomic E-state index is 13.0. The Labute approximate surface area is 224 Å². The summed E-state index contributed by atoms with van der Waals surface area (Å²) in [6.45, 7) is 6.94. The number of hydrogen-bond donors (Lipinski definition) is 0. The summed E-state index contributed by atoms with van der Waals surface area (Å²) in [6.07, 6.45) is -7.89. The van der Waals surface area contributed by atoms with Gasteiger partial charge in [0.2, 0.25) is 0 Å². The van der Waals surface area contributed by atoms with Crippen molar-refractivity contribution in [1.29, 1.82) is 0 Å². The normalized spacial score (nSPS) is 15.4. The first-order chi connectivity index (χ1) is 17.1. The third-order valence-corrected chi connectivity index (χ3v) is 7.98. The van der Waals surface area contributed by atoms with Crippen LogP contribution in [0.5, 0.6) is 0 Å². The van der Waals surface area contributed by atoms with Gasteiger partial charge in [-0.15, -0.1) is 0 Å². The summed E-state index contributed by atoms with van der Waals surface area (Å²) in [7, 11) is -8.14. The largest absolute Gasteiger partial charge is 0.743 e. The van der Waals surface area contributed by atoms with Gasteiger partial charge < -0.3 is 4.55 Å². The highest BCUT2D eigenvalue weighted by molar-refractivity contribution is 7.86. The van der Waals surface area contributed by atoms with Crippen LogP contribution in [0.4, 0.5) is 74.6 Å². The Balaban J connectivity index is 0.00000114. The van der Waals surface area contributed by atoms with Crippen LogP contribution in [0.3, 0.4) is 0 Å². The van der Waals surface area contributed by atoms with Crippen molar-refractivity contribution in [3.05, 3.63) is 33.9 Å². The lowest BCUT2D eigenvalue weighted by molar-refractivity contribution is -0.691. The van der Waals surface area contributed by atoms with Crippen molar-refractivity contribution in [2.45, 2.75) is 71.2 Å². The number of benzene rings is 1. The molecule has 3 nitrogen and oxygen atoms in total. The molecule has 0 spiro atoms. The van der Waals surface area contributed by atoms with Gasteiger partial charge in [-0.05, 0) is 32.9 Å². The molecule has 40 heavy (non-hydrogen) atoms. The second-order valence-electron chi connectivity index (χ2n) is 8.37. The van der Waals surface area contributed by atoms with Gasteiger partial charge >= 0.3 is 68.2 Å². The molecule has 0 N–H and O–H groups in total. The molecule has 0 aliphatic rings. The van der Waals surface area contributed by atoms with E-state index >= 15 is 0 Å². The second kappa shape index (κ2) is 11.1. The van der Waals surface area contributed by atoms with Gasteiger partial charge in [-0.3, -0.25) is 0 Å². The quantitative estimate of drug-likeness (QED) is 0.173. The molecular weight excluding hydrogens is 746 g/mol. The minimum absolute atomic E-state index is 0.184. The van der Waals surface area contributed by atoms with E-state index in [2.05, 4.69) is 51.1 Å². The first kappa shape index (κ1) is 38.7. The Bertz CT molecular complexity index is 1110. The molecule has 1 aromatic rings. The Morgan fingerprint density at radius 1 is 0.550 bits per heavy atom.